The van der Waals surface area contributed by atoms with Crippen molar-refractivity contribution in [3.05, 3.63) is 71.9 Å². The zero-order valence-corrected chi connectivity index (χ0v) is 14.2. The van der Waals surface area contributed by atoms with Gasteiger partial charge in [0.1, 0.15) is 0 Å². The number of carbonyl (C=O) groups is 1. The molecule has 2 aromatic carbocycles. The molecule has 2 aromatic rings. The predicted molar refractivity (Wildman–Crippen MR) is 92.0 cm³/mol. The lowest BCUT2D eigenvalue weighted by molar-refractivity contribution is -0.235. The first-order chi connectivity index (χ1) is 12.3. The van der Waals surface area contributed by atoms with Crippen LogP contribution in [0.3, 0.4) is 0 Å². The molecule has 8 heteroatoms. The van der Waals surface area contributed by atoms with Gasteiger partial charge in [0.25, 0.3) is 5.91 Å². The minimum absolute atomic E-state index is 0.0347. The van der Waals surface area contributed by atoms with Crippen LogP contribution in [0.15, 0.2) is 66.4 Å². The second kappa shape index (κ2) is 6.62. The Balaban J connectivity index is 2.19. The van der Waals surface area contributed by atoms with Gasteiger partial charge in [0.15, 0.2) is 5.70 Å². The first-order valence-corrected chi connectivity index (χ1v) is 7.80. The van der Waals surface area contributed by atoms with Gasteiger partial charge in [0.05, 0.1) is 11.4 Å². The molecule has 1 N–H and O–H groups in total. The molecule has 1 heterocycles. The highest BCUT2D eigenvalue weighted by Crippen LogP contribution is 2.38. The van der Waals surface area contributed by atoms with Crippen molar-refractivity contribution in [1.82, 2.24) is 15.3 Å². The summed E-state index contributed by atoms with van der Waals surface area (Å²) in [5.41, 5.74) is 3.06. The lowest BCUT2D eigenvalue weighted by atomic mass is 10.1. The third-order valence-electron chi connectivity index (χ3n) is 3.78. The van der Waals surface area contributed by atoms with Crippen molar-refractivity contribution in [2.24, 2.45) is 0 Å². The third-order valence-corrected chi connectivity index (χ3v) is 3.78. The molecule has 5 nitrogen and oxygen atoms in total. The Morgan fingerprint density at radius 2 is 1.50 bits per heavy atom. The summed E-state index contributed by atoms with van der Waals surface area (Å²) < 4.78 is 41.7. The Hall–Kier alpha value is -3.16. The topological polar surface area (TPSA) is 38.8 Å². The van der Waals surface area contributed by atoms with Gasteiger partial charge in [-0.1, -0.05) is 48.5 Å². The maximum absolute atomic E-state index is 13.9. The molecule has 0 saturated carbocycles. The normalized spacial score (nSPS) is 14.5. The van der Waals surface area contributed by atoms with Crippen LogP contribution in [0.5, 0.6) is 0 Å². The van der Waals surface area contributed by atoms with Crippen molar-refractivity contribution in [2.45, 2.75) is 6.30 Å². The number of nitrogens with zero attached hydrogens (tertiary/aromatic N) is 3. The highest BCUT2D eigenvalue weighted by Gasteiger charge is 2.51. The number of hydrogen-bond acceptors (Lipinski definition) is 4. The fraction of sp³-hybridized carbons (Fsp3) is 0.167. The predicted octanol–water partition coefficient (Wildman–Crippen LogP) is 3.21. The number of halogens is 3. The summed E-state index contributed by atoms with van der Waals surface area (Å²) in [6, 6.07) is 16.4. The van der Waals surface area contributed by atoms with E-state index in [2.05, 4.69) is 5.43 Å². The van der Waals surface area contributed by atoms with E-state index in [1.165, 1.54) is 26.2 Å². The van der Waals surface area contributed by atoms with Crippen LogP contribution in [-0.2, 0) is 4.79 Å². The molecular weight excluding hydrogens is 345 g/mol. The second-order valence-corrected chi connectivity index (χ2v) is 5.83. The quantitative estimate of drug-likeness (QED) is 0.851. The summed E-state index contributed by atoms with van der Waals surface area (Å²) in [5.74, 6) is -0.757. The van der Waals surface area contributed by atoms with Crippen LogP contribution in [0.4, 0.5) is 18.9 Å². The first kappa shape index (κ1) is 17.7. The highest BCUT2D eigenvalue weighted by molar-refractivity contribution is 6.01. The number of likely N-dealkylation sites (N-methyl/N-ethyl adjacent to an activating group) is 1. The van der Waals surface area contributed by atoms with E-state index in [1.807, 2.05) is 0 Å². The van der Waals surface area contributed by atoms with Gasteiger partial charge in [-0.2, -0.15) is 10.1 Å². The summed E-state index contributed by atoms with van der Waals surface area (Å²) in [6.45, 7) is 0. The molecule has 26 heavy (non-hydrogen) atoms. The maximum Gasteiger partial charge on any atom is 0.505 e. The van der Waals surface area contributed by atoms with Crippen molar-refractivity contribution in [1.29, 1.82) is 0 Å². The number of benzene rings is 2. The van der Waals surface area contributed by atoms with Crippen LogP contribution in [0.1, 0.15) is 5.56 Å². The number of alkyl halides is 3. The molecule has 1 aliphatic rings. The van der Waals surface area contributed by atoms with Gasteiger partial charge in [-0.05, 0) is 12.1 Å². The summed E-state index contributed by atoms with van der Waals surface area (Å²) >= 11 is 0. The minimum Gasteiger partial charge on any atom is -0.343 e. The van der Waals surface area contributed by atoms with Crippen molar-refractivity contribution in [2.75, 3.05) is 19.2 Å². The molecule has 0 saturated heterocycles. The average Bonchev–Trinajstić information content (AvgIpc) is 3.03. The second-order valence-electron chi connectivity index (χ2n) is 5.83. The van der Waals surface area contributed by atoms with Crippen LogP contribution in [0.2, 0.25) is 0 Å². The number of carbonyl (C=O) groups excluding carboxylic acids is 1. The number of hydrogen-bond donors (Lipinski definition) is 1. The first-order valence-electron chi connectivity index (χ1n) is 7.80. The molecule has 0 radical (unpaired) electrons. The molecule has 0 fully saturated rings. The summed E-state index contributed by atoms with van der Waals surface area (Å²) in [4.78, 5) is 13.7. The molecule has 3 rings (SSSR count). The molecular formula is C18H17F3N4O. The van der Waals surface area contributed by atoms with Crippen molar-refractivity contribution in [3.8, 4) is 0 Å². The molecule has 1 aliphatic heterocycles. The largest absolute Gasteiger partial charge is 0.505 e. The number of para-hydroxylation sites is 1. The van der Waals surface area contributed by atoms with Gasteiger partial charge in [0.2, 0.25) is 0 Å². The summed E-state index contributed by atoms with van der Waals surface area (Å²) in [7, 11) is 2.83. The fourth-order valence-electron chi connectivity index (χ4n) is 2.62. The van der Waals surface area contributed by atoms with E-state index in [0.29, 0.717) is 5.56 Å². The molecule has 136 valence electrons. The summed E-state index contributed by atoms with van der Waals surface area (Å²) in [5, 5.41) is 0.867. The Kier molecular flexibility index (Phi) is 4.50. The number of rotatable bonds is 3. The lowest BCUT2D eigenvalue weighted by Gasteiger charge is -2.33. The highest BCUT2D eigenvalue weighted by atomic mass is 19.4. The van der Waals surface area contributed by atoms with Crippen molar-refractivity contribution in [3.63, 3.8) is 0 Å². The maximum atomic E-state index is 13.9. The lowest BCUT2D eigenvalue weighted by Crippen LogP contribution is -2.52. The average molecular weight is 362 g/mol. The minimum atomic E-state index is -4.81. The Labute approximate surface area is 148 Å². The Bertz CT molecular complexity index is 819. The number of nitrogens with one attached hydrogen (secondary N) is 1. The standard InChI is InChI=1S/C18H17F3N4O/c1-23(2)17(26)16-15(13-9-5-3-6-10-13)22-25(24(16)18(19,20)21)14-11-7-4-8-12-14/h3-12,22H,1-2H3. The monoisotopic (exact) mass is 362 g/mol. The van der Waals surface area contributed by atoms with E-state index in [1.54, 1.807) is 48.5 Å². The Morgan fingerprint density at radius 1 is 0.962 bits per heavy atom. The molecule has 0 spiro atoms. The smallest absolute Gasteiger partial charge is 0.343 e. The number of anilines is 1. The SMILES string of the molecule is CN(C)C(=O)C1=C(c2ccccc2)NN(c2ccccc2)N1C(F)(F)F. The molecule has 0 atom stereocenters. The van der Waals surface area contributed by atoms with Gasteiger partial charge in [-0.3, -0.25) is 10.2 Å². The van der Waals surface area contributed by atoms with Crippen molar-refractivity contribution < 1.29 is 18.0 Å². The van der Waals surface area contributed by atoms with Crippen LogP contribution < -0.4 is 10.5 Å². The van der Waals surface area contributed by atoms with E-state index in [4.69, 9.17) is 0 Å². The fourth-order valence-corrected chi connectivity index (χ4v) is 2.62. The van der Waals surface area contributed by atoms with Gasteiger partial charge in [-0.15, -0.1) is 13.2 Å². The van der Waals surface area contributed by atoms with E-state index >= 15 is 0 Å². The van der Waals surface area contributed by atoms with Gasteiger partial charge < -0.3 is 4.90 Å². The Morgan fingerprint density at radius 3 is 2.00 bits per heavy atom. The molecule has 1 amide bonds. The molecule has 0 aliphatic carbocycles. The zero-order valence-electron chi connectivity index (χ0n) is 14.2. The number of amides is 1. The van der Waals surface area contributed by atoms with E-state index in [0.717, 1.165) is 10.0 Å². The van der Waals surface area contributed by atoms with Crippen LogP contribution in [0, 0.1) is 0 Å². The van der Waals surface area contributed by atoms with E-state index < -0.39 is 17.9 Å². The van der Waals surface area contributed by atoms with Gasteiger partial charge >= 0.3 is 6.30 Å². The van der Waals surface area contributed by atoms with E-state index in [-0.39, 0.29) is 16.4 Å². The van der Waals surface area contributed by atoms with Crippen LogP contribution in [-0.4, -0.2) is 36.2 Å². The number of hydrazine groups is 2. The zero-order chi connectivity index (χ0) is 18.9. The molecule has 0 bridgehead atoms. The molecule has 0 unspecified atom stereocenters. The van der Waals surface area contributed by atoms with Crippen molar-refractivity contribution >= 4 is 17.3 Å². The van der Waals surface area contributed by atoms with Crippen LogP contribution >= 0.6 is 0 Å². The van der Waals surface area contributed by atoms with E-state index in [9.17, 15) is 18.0 Å². The third kappa shape index (κ3) is 3.17. The van der Waals surface area contributed by atoms with Gasteiger partial charge in [-0.25, -0.2) is 0 Å². The van der Waals surface area contributed by atoms with Crippen LogP contribution in [0.25, 0.3) is 5.70 Å². The van der Waals surface area contributed by atoms with Gasteiger partial charge in [0, 0.05) is 19.7 Å². The molecule has 0 aromatic heterocycles. The summed E-state index contributed by atoms with van der Waals surface area (Å²) in [6.07, 6.45) is -4.81.